The van der Waals surface area contributed by atoms with Crippen molar-refractivity contribution in [2.45, 2.75) is 32.0 Å². The van der Waals surface area contributed by atoms with Crippen molar-refractivity contribution in [2.24, 2.45) is 5.73 Å². The van der Waals surface area contributed by atoms with Crippen LogP contribution in [0.2, 0.25) is 0 Å². The standard InChI is InChI=1S/C10H22N2O2/c1-3-10(2,13)8-12-4-5-14-9(6-11)7-12/h9,13H,3-8,11H2,1-2H3. The number of β-amino-alcohol motifs (C(OH)–C–C–N with tert-alkyl or cyclic N) is 1. The fourth-order valence-electron chi connectivity index (χ4n) is 1.66. The average Bonchev–Trinajstić information content (AvgIpc) is 2.17. The van der Waals surface area contributed by atoms with Crippen LogP contribution in [0.15, 0.2) is 0 Å². The van der Waals surface area contributed by atoms with Crippen LogP contribution in [0.1, 0.15) is 20.3 Å². The summed E-state index contributed by atoms with van der Waals surface area (Å²) in [5.74, 6) is 0. The van der Waals surface area contributed by atoms with Crippen LogP contribution in [0.4, 0.5) is 0 Å². The Labute approximate surface area is 86.0 Å². The molecule has 3 N–H and O–H groups in total. The van der Waals surface area contributed by atoms with Crippen LogP contribution in [-0.4, -0.2) is 54.5 Å². The molecule has 0 radical (unpaired) electrons. The summed E-state index contributed by atoms with van der Waals surface area (Å²) in [5.41, 5.74) is 4.96. The number of nitrogens with zero attached hydrogens (tertiary/aromatic N) is 1. The number of aliphatic hydroxyl groups is 1. The molecular formula is C10H22N2O2. The largest absolute Gasteiger partial charge is 0.389 e. The van der Waals surface area contributed by atoms with Gasteiger partial charge in [0.05, 0.1) is 18.3 Å². The molecule has 0 amide bonds. The molecule has 2 atom stereocenters. The number of morpholine rings is 1. The van der Waals surface area contributed by atoms with Crippen molar-refractivity contribution in [1.29, 1.82) is 0 Å². The Morgan fingerprint density at radius 3 is 2.93 bits per heavy atom. The van der Waals surface area contributed by atoms with E-state index in [-0.39, 0.29) is 6.10 Å². The van der Waals surface area contributed by atoms with Gasteiger partial charge in [-0.05, 0) is 13.3 Å². The lowest BCUT2D eigenvalue weighted by atomic mass is 10.0. The minimum Gasteiger partial charge on any atom is -0.389 e. The van der Waals surface area contributed by atoms with Crippen molar-refractivity contribution >= 4 is 0 Å². The van der Waals surface area contributed by atoms with Gasteiger partial charge in [0.25, 0.3) is 0 Å². The second-order valence-electron chi connectivity index (χ2n) is 4.31. The molecule has 1 heterocycles. The van der Waals surface area contributed by atoms with Crippen LogP contribution in [-0.2, 0) is 4.74 Å². The summed E-state index contributed by atoms with van der Waals surface area (Å²) in [5, 5.41) is 9.92. The molecule has 0 aromatic carbocycles. The van der Waals surface area contributed by atoms with E-state index in [1.54, 1.807) is 0 Å². The predicted molar refractivity (Wildman–Crippen MR) is 56.1 cm³/mol. The molecule has 4 heteroatoms. The number of nitrogens with two attached hydrogens (primary N) is 1. The Kier molecular flexibility index (Phi) is 4.31. The van der Waals surface area contributed by atoms with Gasteiger partial charge in [-0.15, -0.1) is 0 Å². The van der Waals surface area contributed by atoms with Gasteiger partial charge in [0.1, 0.15) is 0 Å². The first kappa shape index (κ1) is 11.9. The lowest BCUT2D eigenvalue weighted by Crippen LogP contribution is -2.50. The highest BCUT2D eigenvalue weighted by Gasteiger charge is 2.26. The number of hydrogen-bond acceptors (Lipinski definition) is 4. The Bertz CT molecular complexity index is 174. The molecule has 1 saturated heterocycles. The summed E-state index contributed by atoms with van der Waals surface area (Å²) in [6.45, 7) is 7.61. The van der Waals surface area contributed by atoms with Crippen LogP contribution >= 0.6 is 0 Å². The summed E-state index contributed by atoms with van der Waals surface area (Å²) in [4.78, 5) is 2.23. The van der Waals surface area contributed by atoms with E-state index in [0.717, 1.165) is 26.1 Å². The normalized spacial score (nSPS) is 28.7. The minimum atomic E-state index is -0.587. The molecule has 0 aromatic rings. The van der Waals surface area contributed by atoms with Crippen LogP contribution in [0, 0.1) is 0 Å². The second-order valence-corrected chi connectivity index (χ2v) is 4.31. The third-order valence-corrected chi connectivity index (χ3v) is 2.81. The Balaban J connectivity index is 2.37. The molecular weight excluding hydrogens is 180 g/mol. The zero-order chi connectivity index (χ0) is 10.6. The summed E-state index contributed by atoms with van der Waals surface area (Å²) in [7, 11) is 0. The molecule has 1 aliphatic heterocycles. The van der Waals surface area contributed by atoms with E-state index in [1.165, 1.54) is 0 Å². The molecule has 0 aromatic heterocycles. The Hall–Kier alpha value is -0.160. The zero-order valence-corrected chi connectivity index (χ0v) is 9.20. The second kappa shape index (κ2) is 5.07. The maximum atomic E-state index is 9.92. The van der Waals surface area contributed by atoms with Crippen molar-refractivity contribution in [1.82, 2.24) is 4.90 Å². The Morgan fingerprint density at radius 1 is 1.64 bits per heavy atom. The van der Waals surface area contributed by atoms with Crippen LogP contribution in [0.3, 0.4) is 0 Å². The maximum absolute atomic E-state index is 9.92. The molecule has 1 rings (SSSR count). The maximum Gasteiger partial charge on any atom is 0.0824 e. The van der Waals surface area contributed by atoms with Crippen LogP contribution in [0.25, 0.3) is 0 Å². The van der Waals surface area contributed by atoms with Gasteiger partial charge >= 0.3 is 0 Å². The quantitative estimate of drug-likeness (QED) is 0.663. The molecule has 4 nitrogen and oxygen atoms in total. The van der Waals surface area contributed by atoms with Gasteiger partial charge in [0.15, 0.2) is 0 Å². The number of rotatable bonds is 4. The molecule has 1 fully saturated rings. The monoisotopic (exact) mass is 202 g/mol. The summed E-state index contributed by atoms with van der Waals surface area (Å²) < 4.78 is 5.46. The highest BCUT2D eigenvalue weighted by atomic mass is 16.5. The highest BCUT2D eigenvalue weighted by molar-refractivity contribution is 4.80. The summed E-state index contributed by atoms with van der Waals surface area (Å²) in [6, 6.07) is 0. The average molecular weight is 202 g/mol. The van der Waals surface area contributed by atoms with Crippen molar-refractivity contribution in [3.8, 4) is 0 Å². The van der Waals surface area contributed by atoms with E-state index in [1.807, 2.05) is 13.8 Å². The van der Waals surface area contributed by atoms with E-state index < -0.39 is 5.60 Å². The smallest absolute Gasteiger partial charge is 0.0824 e. The summed E-state index contributed by atoms with van der Waals surface area (Å²) >= 11 is 0. The first-order valence-electron chi connectivity index (χ1n) is 5.34. The van der Waals surface area contributed by atoms with Crippen molar-refractivity contribution < 1.29 is 9.84 Å². The lowest BCUT2D eigenvalue weighted by Gasteiger charge is -2.36. The third-order valence-electron chi connectivity index (χ3n) is 2.81. The van der Waals surface area contributed by atoms with Gasteiger partial charge in [0, 0.05) is 26.2 Å². The van der Waals surface area contributed by atoms with Crippen LogP contribution in [0.5, 0.6) is 0 Å². The van der Waals surface area contributed by atoms with Crippen LogP contribution < -0.4 is 5.73 Å². The topological polar surface area (TPSA) is 58.7 Å². The van der Waals surface area contributed by atoms with Gasteiger partial charge in [-0.3, -0.25) is 4.90 Å². The fraction of sp³-hybridized carbons (Fsp3) is 1.00. The Morgan fingerprint density at radius 2 is 2.36 bits per heavy atom. The van der Waals surface area contributed by atoms with Gasteiger partial charge in [-0.25, -0.2) is 0 Å². The first-order chi connectivity index (χ1) is 6.57. The van der Waals surface area contributed by atoms with Crippen molar-refractivity contribution in [3.05, 3.63) is 0 Å². The molecule has 84 valence electrons. The van der Waals surface area contributed by atoms with Crippen molar-refractivity contribution in [3.63, 3.8) is 0 Å². The molecule has 14 heavy (non-hydrogen) atoms. The third kappa shape index (κ3) is 3.53. The molecule has 2 unspecified atom stereocenters. The minimum absolute atomic E-state index is 0.136. The molecule has 0 saturated carbocycles. The zero-order valence-electron chi connectivity index (χ0n) is 9.20. The molecule has 1 aliphatic rings. The van der Waals surface area contributed by atoms with E-state index in [9.17, 15) is 5.11 Å². The number of hydrogen-bond donors (Lipinski definition) is 2. The summed E-state index contributed by atoms with van der Waals surface area (Å²) in [6.07, 6.45) is 0.911. The first-order valence-corrected chi connectivity index (χ1v) is 5.34. The van der Waals surface area contributed by atoms with Gasteiger partial charge in [-0.1, -0.05) is 6.92 Å². The van der Waals surface area contributed by atoms with Gasteiger partial charge in [0.2, 0.25) is 0 Å². The van der Waals surface area contributed by atoms with Gasteiger partial charge in [-0.2, -0.15) is 0 Å². The van der Waals surface area contributed by atoms with E-state index >= 15 is 0 Å². The lowest BCUT2D eigenvalue weighted by molar-refractivity contribution is -0.0566. The fourth-order valence-corrected chi connectivity index (χ4v) is 1.66. The van der Waals surface area contributed by atoms with E-state index in [4.69, 9.17) is 10.5 Å². The SMILES string of the molecule is CCC(C)(O)CN1CCOC(CN)C1. The molecule has 0 bridgehead atoms. The molecule has 0 spiro atoms. The predicted octanol–water partition coefficient (Wildman–Crippen LogP) is -0.193. The van der Waals surface area contributed by atoms with Gasteiger partial charge < -0.3 is 15.6 Å². The van der Waals surface area contributed by atoms with Crippen molar-refractivity contribution in [2.75, 3.05) is 32.8 Å². The molecule has 0 aliphatic carbocycles. The highest BCUT2D eigenvalue weighted by Crippen LogP contribution is 2.13. The van der Waals surface area contributed by atoms with E-state index in [2.05, 4.69) is 4.90 Å². The number of ether oxygens (including phenoxy) is 1. The van der Waals surface area contributed by atoms with E-state index in [0.29, 0.717) is 13.1 Å².